The molecule has 1 heterocycles. The Balaban J connectivity index is 2.20. The van der Waals surface area contributed by atoms with Crippen molar-refractivity contribution in [1.29, 1.82) is 0 Å². The number of rotatable bonds is 4. The fourth-order valence-corrected chi connectivity index (χ4v) is 2.88. The Bertz CT molecular complexity index is 779. The van der Waals surface area contributed by atoms with Crippen LogP contribution in [0.25, 0.3) is 0 Å². The second-order valence-electron chi connectivity index (χ2n) is 4.19. The van der Waals surface area contributed by atoms with Gasteiger partial charge in [-0.25, -0.2) is 13.1 Å². The number of benzene rings is 1. The summed E-state index contributed by atoms with van der Waals surface area (Å²) in [5.41, 5.74) is -0.00602. The Labute approximate surface area is 115 Å². The quantitative estimate of drug-likeness (QED) is 0.881. The van der Waals surface area contributed by atoms with Crippen molar-refractivity contribution in [3.05, 3.63) is 58.1 Å². The Morgan fingerprint density at radius 1 is 1.30 bits per heavy atom. The monoisotopic (exact) mass is 295 g/mol. The summed E-state index contributed by atoms with van der Waals surface area (Å²) in [6.45, 7) is 1.52. The van der Waals surface area contributed by atoms with Crippen molar-refractivity contribution in [2.45, 2.75) is 18.4 Å². The Morgan fingerprint density at radius 2 is 2.00 bits per heavy atom. The molecule has 2 N–H and O–H groups in total. The molecule has 0 aliphatic carbocycles. The van der Waals surface area contributed by atoms with Crippen molar-refractivity contribution in [2.75, 3.05) is 0 Å². The summed E-state index contributed by atoms with van der Waals surface area (Å²) in [6, 6.07) is 7.59. The third kappa shape index (κ3) is 3.06. The van der Waals surface area contributed by atoms with E-state index in [-0.39, 0.29) is 17.2 Å². The van der Waals surface area contributed by atoms with E-state index >= 15 is 0 Å². The lowest BCUT2D eigenvalue weighted by atomic mass is 10.2. The standard InChI is InChI=1S/C13H13NO5S/c1-9-4-2-3-5-13(9)20(17,18)14-7-10-6-11(15)12(16)8-19-10/h2-6,8,14,16H,7H2,1H3. The molecule has 0 bridgehead atoms. The molecular weight excluding hydrogens is 282 g/mol. The van der Waals surface area contributed by atoms with Crippen molar-refractivity contribution in [1.82, 2.24) is 4.72 Å². The third-order valence-corrected chi connectivity index (χ3v) is 4.25. The lowest BCUT2D eigenvalue weighted by molar-refractivity contribution is 0.411. The van der Waals surface area contributed by atoms with Gasteiger partial charge in [0.1, 0.15) is 12.0 Å². The molecule has 1 aromatic carbocycles. The van der Waals surface area contributed by atoms with Gasteiger partial charge in [-0.3, -0.25) is 4.79 Å². The van der Waals surface area contributed by atoms with Crippen LogP contribution in [-0.2, 0) is 16.6 Å². The summed E-state index contributed by atoms with van der Waals surface area (Å²) in [5, 5.41) is 9.04. The highest BCUT2D eigenvalue weighted by atomic mass is 32.2. The van der Waals surface area contributed by atoms with Gasteiger partial charge >= 0.3 is 0 Å². The molecule has 2 aromatic rings. The van der Waals surface area contributed by atoms with E-state index < -0.39 is 21.2 Å². The molecule has 1 aromatic heterocycles. The molecule has 0 atom stereocenters. The van der Waals surface area contributed by atoms with Crippen LogP contribution in [0.2, 0.25) is 0 Å². The van der Waals surface area contributed by atoms with Crippen molar-refractivity contribution < 1.29 is 17.9 Å². The van der Waals surface area contributed by atoms with Crippen LogP contribution in [0.5, 0.6) is 5.75 Å². The molecule has 0 aliphatic heterocycles. The highest BCUT2D eigenvalue weighted by Gasteiger charge is 2.16. The molecule has 0 spiro atoms. The fourth-order valence-electron chi connectivity index (χ4n) is 1.64. The van der Waals surface area contributed by atoms with Gasteiger partial charge in [-0.1, -0.05) is 18.2 Å². The molecule has 0 saturated heterocycles. The number of hydrogen-bond donors (Lipinski definition) is 2. The van der Waals surface area contributed by atoms with Crippen LogP contribution in [0.4, 0.5) is 0 Å². The van der Waals surface area contributed by atoms with Gasteiger partial charge in [0, 0.05) is 6.07 Å². The van der Waals surface area contributed by atoms with Gasteiger partial charge in [-0.15, -0.1) is 0 Å². The minimum Gasteiger partial charge on any atom is -0.502 e. The summed E-state index contributed by atoms with van der Waals surface area (Å²) >= 11 is 0. The summed E-state index contributed by atoms with van der Waals surface area (Å²) in [6.07, 6.45) is 0.875. The van der Waals surface area contributed by atoms with E-state index in [0.29, 0.717) is 5.56 Å². The van der Waals surface area contributed by atoms with Crippen molar-refractivity contribution in [3.63, 3.8) is 0 Å². The first-order chi connectivity index (χ1) is 9.40. The maximum Gasteiger partial charge on any atom is 0.241 e. The summed E-state index contributed by atoms with van der Waals surface area (Å²) in [5.74, 6) is -0.402. The van der Waals surface area contributed by atoms with E-state index in [1.165, 1.54) is 6.07 Å². The molecule has 6 nitrogen and oxygen atoms in total. The smallest absolute Gasteiger partial charge is 0.241 e. The molecule has 0 amide bonds. The normalized spacial score (nSPS) is 11.4. The number of aryl methyl sites for hydroxylation is 1. The number of nitrogens with one attached hydrogen (secondary N) is 1. The molecule has 0 fully saturated rings. The summed E-state index contributed by atoms with van der Waals surface area (Å²) in [4.78, 5) is 11.4. The van der Waals surface area contributed by atoms with Crippen LogP contribution < -0.4 is 10.2 Å². The molecule has 0 unspecified atom stereocenters. The first-order valence-corrected chi connectivity index (χ1v) is 7.24. The van der Waals surface area contributed by atoms with Crippen LogP contribution >= 0.6 is 0 Å². The van der Waals surface area contributed by atoms with Gasteiger partial charge in [-0.05, 0) is 18.6 Å². The second-order valence-corrected chi connectivity index (χ2v) is 5.92. The van der Waals surface area contributed by atoms with Crippen molar-refractivity contribution >= 4 is 10.0 Å². The van der Waals surface area contributed by atoms with E-state index in [1.54, 1.807) is 25.1 Å². The van der Waals surface area contributed by atoms with Crippen molar-refractivity contribution in [3.8, 4) is 5.75 Å². The molecule has 0 aliphatic rings. The van der Waals surface area contributed by atoms with E-state index in [4.69, 9.17) is 9.52 Å². The van der Waals surface area contributed by atoms with Gasteiger partial charge in [0.25, 0.3) is 0 Å². The van der Waals surface area contributed by atoms with E-state index in [1.807, 2.05) is 0 Å². The summed E-state index contributed by atoms with van der Waals surface area (Å²) in [7, 11) is -3.69. The Morgan fingerprint density at radius 3 is 2.65 bits per heavy atom. The lowest BCUT2D eigenvalue weighted by Gasteiger charge is -2.08. The van der Waals surface area contributed by atoms with Crippen LogP contribution in [0.15, 0.2) is 50.7 Å². The first-order valence-electron chi connectivity index (χ1n) is 5.76. The molecule has 0 saturated carbocycles. The maximum absolute atomic E-state index is 12.1. The molecule has 20 heavy (non-hydrogen) atoms. The number of sulfonamides is 1. The average molecular weight is 295 g/mol. The highest BCUT2D eigenvalue weighted by molar-refractivity contribution is 7.89. The predicted octanol–water partition coefficient (Wildman–Crippen LogP) is 1.13. The van der Waals surface area contributed by atoms with E-state index in [0.717, 1.165) is 12.3 Å². The topological polar surface area (TPSA) is 96.6 Å². The van der Waals surface area contributed by atoms with Gasteiger partial charge in [-0.2, -0.15) is 0 Å². The zero-order valence-electron chi connectivity index (χ0n) is 10.7. The van der Waals surface area contributed by atoms with Crippen LogP contribution in [0.3, 0.4) is 0 Å². The molecular formula is C13H13NO5S. The number of hydrogen-bond acceptors (Lipinski definition) is 5. The highest BCUT2D eigenvalue weighted by Crippen LogP contribution is 2.14. The summed E-state index contributed by atoms with van der Waals surface area (Å²) < 4.78 is 31.5. The largest absolute Gasteiger partial charge is 0.502 e. The van der Waals surface area contributed by atoms with Crippen LogP contribution in [0.1, 0.15) is 11.3 Å². The molecule has 106 valence electrons. The Kier molecular flexibility index (Phi) is 3.91. The Hall–Kier alpha value is -2.12. The average Bonchev–Trinajstić information content (AvgIpc) is 2.40. The molecule has 7 heteroatoms. The number of aromatic hydroxyl groups is 1. The van der Waals surface area contributed by atoms with E-state index in [2.05, 4.69) is 4.72 Å². The zero-order chi connectivity index (χ0) is 14.8. The third-order valence-electron chi connectivity index (χ3n) is 2.69. The van der Waals surface area contributed by atoms with Gasteiger partial charge in [0.15, 0.2) is 5.75 Å². The minimum absolute atomic E-state index is 0.116. The maximum atomic E-state index is 12.1. The first kappa shape index (κ1) is 14.3. The second kappa shape index (κ2) is 5.48. The van der Waals surface area contributed by atoms with Crippen LogP contribution in [0, 0.1) is 6.92 Å². The van der Waals surface area contributed by atoms with Crippen LogP contribution in [-0.4, -0.2) is 13.5 Å². The van der Waals surface area contributed by atoms with Gasteiger partial charge < -0.3 is 9.52 Å². The van der Waals surface area contributed by atoms with Crippen molar-refractivity contribution in [2.24, 2.45) is 0 Å². The fraction of sp³-hybridized carbons (Fsp3) is 0.154. The predicted molar refractivity (Wildman–Crippen MR) is 71.8 cm³/mol. The zero-order valence-corrected chi connectivity index (χ0v) is 11.5. The molecule has 2 rings (SSSR count). The van der Waals surface area contributed by atoms with Gasteiger partial charge in [0.2, 0.25) is 15.5 Å². The molecule has 0 radical (unpaired) electrons. The lowest BCUT2D eigenvalue weighted by Crippen LogP contribution is -2.24. The van der Waals surface area contributed by atoms with E-state index in [9.17, 15) is 13.2 Å². The minimum atomic E-state index is -3.69. The SMILES string of the molecule is Cc1ccccc1S(=O)(=O)NCc1cc(=O)c(O)co1. The van der Waals surface area contributed by atoms with Gasteiger partial charge in [0.05, 0.1) is 11.4 Å².